The van der Waals surface area contributed by atoms with E-state index < -0.39 is 11.6 Å². The van der Waals surface area contributed by atoms with Gasteiger partial charge in [0.05, 0.1) is 15.1 Å². The van der Waals surface area contributed by atoms with E-state index >= 15 is 0 Å². The molecule has 0 aromatic heterocycles. The summed E-state index contributed by atoms with van der Waals surface area (Å²) in [6.45, 7) is 0.105. The number of nitrogens with two attached hydrogens (primary N) is 1. The summed E-state index contributed by atoms with van der Waals surface area (Å²) in [5.41, 5.74) is 6.18. The Morgan fingerprint density at radius 3 is 2.60 bits per heavy atom. The van der Waals surface area contributed by atoms with Crippen molar-refractivity contribution in [2.24, 2.45) is 5.73 Å². The molecule has 0 atom stereocenters. The van der Waals surface area contributed by atoms with Crippen LogP contribution in [0, 0.1) is 11.6 Å². The maximum atomic E-state index is 13.8. The zero-order chi connectivity index (χ0) is 14.7. The molecule has 0 saturated carbocycles. The summed E-state index contributed by atoms with van der Waals surface area (Å²) in [5, 5.41) is 0.351. The van der Waals surface area contributed by atoms with Crippen molar-refractivity contribution >= 4 is 27.5 Å². The second-order valence-electron chi connectivity index (χ2n) is 4.08. The van der Waals surface area contributed by atoms with E-state index in [-0.39, 0.29) is 16.6 Å². The third-order valence-corrected chi connectivity index (χ3v) is 3.65. The smallest absolute Gasteiger partial charge is 0.146 e. The van der Waals surface area contributed by atoms with Crippen LogP contribution in [-0.4, -0.2) is 0 Å². The average molecular weight is 363 g/mol. The maximum Gasteiger partial charge on any atom is 0.146 e. The first-order valence-electron chi connectivity index (χ1n) is 5.76. The van der Waals surface area contributed by atoms with Crippen LogP contribution in [0.2, 0.25) is 5.02 Å². The van der Waals surface area contributed by atoms with E-state index in [1.807, 2.05) is 0 Å². The largest absolute Gasteiger partial charge is 0.487 e. The zero-order valence-electron chi connectivity index (χ0n) is 10.3. The van der Waals surface area contributed by atoms with Crippen molar-refractivity contribution in [3.8, 4) is 5.75 Å². The minimum Gasteiger partial charge on any atom is -0.487 e. The fraction of sp³-hybridized carbons (Fsp3) is 0.143. The van der Waals surface area contributed by atoms with Crippen LogP contribution in [0.5, 0.6) is 5.75 Å². The van der Waals surface area contributed by atoms with Crippen molar-refractivity contribution in [3.63, 3.8) is 0 Å². The predicted molar refractivity (Wildman–Crippen MR) is 77.7 cm³/mol. The van der Waals surface area contributed by atoms with E-state index in [0.29, 0.717) is 17.3 Å². The van der Waals surface area contributed by atoms with Gasteiger partial charge in [-0.3, -0.25) is 0 Å². The molecule has 20 heavy (non-hydrogen) atoms. The van der Waals surface area contributed by atoms with Gasteiger partial charge in [-0.25, -0.2) is 8.78 Å². The van der Waals surface area contributed by atoms with Gasteiger partial charge < -0.3 is 10.5 Å². The van der Waals surface area contributed by atoms with Gasteiger partial charge >= 0.3 is 0 Å². The van der Waals surface area contributed by atoms with Crippen molar-refractivity contribution in [1.29, 1.82) is 0 Å². The highest BCUT2D eigenvalue weighted by Crippen LogP contribution is 2.28. The lowest BCUT2D eigenvalue weighted by atomic mass is 10.2. The number of hydrogen-bond acceptors (Lipinski definition) is 2. The van der Waals surface area contributed by atoms with Crippen LogP contribution >= 0.6 is 27.5 Å². The molecule has 6 heteroatoms. The third kappa shape index (κ3) is 3.29. The molecule has 2 rings (SSSR count). The van der Waals surface area contributed by atoms with Crippen LogP contribution in [0.25, 0.3) is 0 Å². The molecular weight excluding hydrogens is 352 g/mol. The zero-order valence-corrected chi connectivity index (χ0v) is 12.6. The fourth-order valence-electron chi connectivity index (χ4n) is 1.64. The van der Waals surface area contributed by atoms with Gasteiger partial charge in [0.2, 0.25) is 0 Å². The summed E-state index contributed by atoms with van der Waals surface area (Å²) < 4.78 is 32.9. The molecule has 0 aliphatic rings. The number of hydrogen-bond donors (Lipinski definition) is 1. The molecule has 0 unspecified atom stereocenters. The van der Waals surface area contributed by atoms with E-state index in [9.17, 15) is 8.78 Å². The fourth-order valence-corrected chi connectivity index (χ4v) is 2.27. The molecule has 2 nitrogen and oxygen atoms in total. The summed E-state index contributed by atoms with van der Waals surface area (Å²) >= 11 is 9.01. The minimum absolute atomic E-state index is 0.154. The Labute approximate surface area is 128 Å². The monoisotopic (exact) mass is 361 g/mol. The van der Waals surface area contributed by atoms with Gasteiger partial charge in [-0.05, 0) is 45.8 Å². The van der Waals surface area contributed by atoms with Crippen molar-refractivity contribution in [2.75, 3.05) is 0 Å². The van der Waals surface area contributed by atoms with Gasteiger partial charge in [0.15, 0.2) is 0 Å². The normalized spacial score (nSPS) is 10.7. The second-order valence-corrected chi connectivity index (χ2v) is 5.34. The van der Waals surface area contributed by atoms with Gasteiger partial charge in [-0.15, -0.1) is 0 Å². The average Bonchev–Trinajstić information content (AvgIpc) is 2.44. The van der Waals surface area contributed by atoms with Crippen molar-refractivity contribution in [1.82, 2.24) is 0 Å². The molecule has 0 amide bonds. The Morgan fingerprint density at radius 2 is 1.95 bits per heavy atom. The Balaban J connectivity index is 2.19. The lowest BCUT2D eigenvalue weighted by molar-refractivity contribution is 0.292. The Hall–Kier alpha value is -1.17. The van der Waals surface area contributed by atoms with Crippen LogP contribution in [0.4, 0.5) is 8.78 Å². The van der Waals surface area contributed by atoms with E-state index in [0.717, 1.165) is 5.56 Å². The van der Waals surface area contributed by atoms with Crippen LogP contribution in [0.15, 0.2) is 34.8 Å². The number of benzene rings is 2. The van der Waals surface area contributed by atoms with Gasteiger partial charge in [0, 0.05) is 6.54 Å². The number of rotatable bonds is 4. The Kier molecular flexibility index (Phi) is 4.96. The van der Waals surface area contributed by atoms with Crippen molar-refractivity contribution in [2.45, 2.75) is 13.2 Å². The molecule has 0 spiro atoms. The molecule has 0 aliphatic carbocycles. The first kappa shape index (κ1) is 15.2. The Bertz CT molecular complexity index is 637. The van der Waals surface area contributed by atoms with Gasteiger partial charge in [0.1, 0.15) is 24.0 Å². The van der Waals surface area contributed by atoms with E-state index in [2.05, 4.69) is 15.9 Å². The third-order valence-electron chi connectivity index (χ3n) is 2.74. The summed E-state index contributed by atoms with van der Waals surface area (Å²) in [6, 6.07) is 7.50. The predicted octanol–water partition coefficient (Wildman–Crippen LogP) is 4.42. The molecule has 2 aromatic carbocycles. The van der Waals surface area contributed by atoms with E-state index in [4.69, 9.17) is 22.1 Å². The van der Waals surface area contributed by atoms with Crippen molar-refractivity contribution in [3.05, 3.63) is 62.6 Å². The van der Waals surface area contributed by atoms with Crippen molar-refractivity contribution < 1.29 is 13.5 Å². The van der Waals surface area contributed by atoms with Crippen LogP contribution in [0.1, 0.15) is 11.1 Å². The first-order valence-corrected chi connectivity index (χ1v) is 6.93. The van der Waals surface area contributed by atoms with E-state index in [1.165, 1.54) is 12.1 Å². The summed E-state index contributed by atoms with van der Waals surface area (Å²) in [5.74, 6) is -0.997. The molecule has 106 valence electrons. The quantitative estimate of drug-likeness (QED) is 0.817. The summed E-state index contributed by atoms with van der Waals surface area (Å²) in [7, 11) is 0. The SMILES string of the molecule is NCc1ccc(OCc2c(F)ccc(Br)c2F)c(Cl)c1. The molecule has 2 N–H and O–H groups in total. The highest BCUT2D eigenvalue weighted by Gasteiger charge is 2.13. The molecule has 0 radical (unpaired) electrons. The highest BCUT2D eigenvalue weighted by molar-refractivity contribution is 9.10. The second kappa shape index (κ2) is 6.52. The van der Waals surface area contributed by atoms with E-state index in [1.54, 1.807) is 18.2 Å². The van der Waals surface area contributed by atoms with Crippen LogP contribution < -0.4 is 10.5 Å². The van der Waals surface area contributed by atoms with Gasteiger partial charge in [-0.2, -0.15) is 0 Å². The lowest BCUT2D eigenvalue weighted by Gasteiger charge is -2.11. The molecule has 2 aromatic rings. The van der Waals surface area contributed by atoms with Crippen LogP contribution in [-0.2, 0) is 13.2 Å². The summed E-state index contributed by atoms with van der Waals surface area (Å²) in [4.78, 5) is 0. The van der Waals surface area contributed by atoms with Gasteiger partial charge in [0.25, 0.3) is 0 Å². The highest BCUT2D eigenvalue weighted by atomic mass is 79.9. The molecule has 0 saturated heterocycles. The minimum atomic E-state index is -0.681. The molecule has 0 fully saturated rings. The Morgan fingerprint density at radius 1 is 1.20 bits per heavy atom. The maximum absolute atomic E-state index is 13.8. The topological polar surface area (TPSA) is 35.2 Å². The first-order chi connectivity index (χ1) is 9.52. The lowest BCUT2D eigenvalue weighted by Crippen LogP contribution is -2.03. The molecule has 0 bridgehead atoms. The van der Waals surface area contributed by atoms with Gasteiger partial charge in [-0.1, -0.05) is 17.7 Å². The molecular formula is C14H11BrClF2NO. The number of halogens is 4. The van der Waals surface area contributed by atoms with Crippen LogP contribution in [0.3, 0.4) is 0 Å². The number of ether oxygens (including phenoxy) is 1. The molecule has 0 heterocycles. The molecule has 0 aliphatic heterocycles. The summed E-state index contributed by atoms with van der Waals surface area (Å²) in [6.07, 6.45) is 0. The standard InChI is InChI=1S/C14H11BrClF2NO/c15-10-2-3-12(17)9(14(10)18)7-20-13-4-1-8(6-19)5-11(13)16/h1-5H,6-7,19H2.